The smallest absolute Gasteiger partial charge is 0.305 e. The molecule has 1 saturated heterocycles. The average Bonchev–Trinajstić information content (AvgIpc) is 3.43. The van der Waals surface area contributed by atoms with Crippen LogP contribution in [0.2, 0.25) is 0 Å². The highest BCUT2D eigenvalue weighted by atomic mass is 16.7. The van der Waals surface area contributed by atoms with E-state index in [1.807, 2.05) is 6.08 Å². The van der Waals surface area contributed by atoms with Crippen molar-refractivity contribution >= 4 is 11.9 Å². The van der Waals surface area contributed by atoms with E-state index in [-0.39, 0.29) is 18.5 Å². The molecule has 0 saturated carbocycles. The number of carbonyl (C=O) groups excluding carboxylic acids is 2. The molecule has 0 aliphatic carbocycles. The van der Waals surface area contributed by atoms with Crippen molar-refractivity contribution in [1.29, 1.82) is 0 Å². The monoisotopic (exact) mass is 1090 g/mol. The van der Waals surface area contributed by atoms with Crippen LogP contribution in [0.15, 0.2) is 48.6 Å². The molecule has 1 heterocycles. The van der Waals surface area contributed by atoms with E-state index in [0.717, 1.165) is 64.2 Å². The summed E-state index contributed by atoms with van der Waals surface area (Å²) in [7, 11) is 0. The number of rotatable bonds is 56. The molecule has 11 nitrogen and oxygen atoms in total. The Morgan fingerprint density at radius 2 is 0.883 bits per heavy atom. The van der Waals surface area contributed by atoms with Crippen molar-refractivity contribution in [3.8, 4) is 0 Å². The van der Waals surface area contributed by atoms with E-state index in [2.05, 4.69) is 55.6 Å². The Balaban J connectivity index is 1.96. The van der Waals surface area contributed by atoms with Gasteiger partial charge in [0.2, 0.25) is 5.91 Å². The summed E-state index contributed by atoms with van der Waals surface area (Å²) < 4.78 is 16.7. The molecule has 0 bridgehead atoms. The lowest BCUT2D eigenvalue weighted by atomic mass is 9.99. The van der Waals surface area contributed by atoms with Gasteiger partial charge in [-0.15, -0.1) is 0 Å². The fourth-order valence-corrected chi connectivity index (χ4v) is 9.98. The Morgan fingerprint density at radius 3 is 1.36 bits per heavy atom. The number of ether oxygens (including phenoxy) is 3. The van der Waals surface area contributed by atoms with Crippen LogP contribution < -0.4 is 5.32 Å². The first-order chi connectivity index (χ1) is 37.7. The van der Waals surface area contributed by atoms with Gasteiger partial charge in [0.25, 0.3) is 0 Å². The molecule has 7 atom stereocenters. The van der Waals surface area contributed by atoms with Gasteiger partial charge < -0.3 is 45.1 Å². The maximum atomic E-state index is 13.0. The summed E-state index contributed by atoms with van der Waals surface area (Å²) in [6.45, 7) is 4.28. The van der Waals surface area contributed by atoms with E-state index in [0.29, 0.717) is 19.4 Å². The van der Waals surface area contributed by atoms with Gasteiger partial charge in [0.05, 0.1) is 32.0 Å². The second-order valence-electron chi connectivity index (χ2n) is 22.5. The van der Waals surface area contributed by atoms with E-state index < -0.39 is 49.5 Å². The number of allylic oxidation sites excluding steroid dienone is 7. The van der Waals surface area contributed by atoms with Crippen LogP contribution in [0.5, 0.6) is 0 Å². The largest absolute Gasteiger partial charge is 0.466 e. The fraction of sp³-hybridized carbons (Fsp3) is 0.848. The second-order valence-corrected chi connectivity index (χ2v) is 22.5. The van der Waals surface area contributed by atoms with Gasteiger partial charge >= 0.3 is 5.97 Å². The first-order valence-corrected chi connectivity index (χ1v) is 32.4. The number of aliphatic hydroxyl groups excluding tert-OH is 5. The molecule has 1 aliphatic rings. The molecule has 11 heteroatoms. The Bertz CT molecular complexity index is 1420. The lowest BCUT2D eigenvalue weighted by Crippen LogP contribution is -2.60. The first-order valence-electron chi connectivity index (χ1n) is 32.4. The molecular weight excluding hydrogens is 967 g/mol. The second kappa shape index (κ2) is 55.5. The number of hydrogen-bond donors (Lipinski definition) is 6. The fourth-order valence-electron chi connectivity index (χ4n) is 9.98. The molecule has 1 rings (SSSR count). The average molecular weight is 1090 g/mol. The van der Waals surface area contributed by atoms with Crippen molar-refractivity contribution in [1.82, 2.24) is 5.32 Å². The van der Waals surface area contributed by atoms with E-state index in [1.54, 1.807) is 6.08 Å². The summed E-state index contributed by atoms with van der Waals surface area (Å²) >= 11 is 0. The molecule has 0 aromatic carbocycles. The van der Waals surface area contributed by atoms with Gasteiger partial charge in [0.15, 0.2) is 6.29 Å². The van der Waals surface area contributed by atoms with Gasteiger partial charge in [-0.1, -0.05) is 249 Å². The van der Waals surface area contributed by atoms with E-state index >= 15 is 0 Å². The molecule has 1 amide bonds. The van der Waals surface area contributed by atoms with Crippen molar-refractivity contribution in [2.75, 3.05) is 19.8 Å². The van der Waals surface area contributed by atoms with Crippen LogP contribution in [0.3, 0.4) is 0 Å². The van der Waals surface area contributed by atoms with Crippen LogP contribution in [-0.2, 0) is 23.8 Å². The Hall–Kier alpha value is -2.38. The van der Waals surface area contributed by atoms with Crippen LogP contribution in [0.4, 0.5) is 0 Å². The molecule has 77 heavy (non-hydrogen) atoms. The molecule has 6 N–H and O–H groups in total. The summed E-state index contributed by atoms with van der Waals surface area (Å²) in [6, 6.07) is -0.810. The minimum atomic E-state index is -1.57. The number of hydrogen-bond acceptors (Lipinski definition) is 10. The van der Waals surface area contributed by atoms with E-state index in [1.165, 1.54) is 205 Å². The number of esters is 1. The van der Waals surface area contributed by atoms with Crippen LogP contribution >= 0.6 is 0 Å². The van der Waals surface area contributed by atoms with Crippen molar-refractivity contribution < 1.29 is 49.3 Å². The molecule has 7 unspecified atom stereocenters. The minimum Gasteiger partial charge on any atom is -0.466 e. The van der Waals surface area contributed by atoms with Crippen molar-refractivity contribution in [2.24, 2.45) is 0 Å². The standard InChI is InChI=1S/C66H121NO10/c1-3-5-7-9-11-13-14-15-31-34-38-42-46-50-54-62(71)75-55-51-47-43-39-35-32-29-27-25-23-21-19-17-16-18-20-22-24-26-28-30-33-37-41-45-49-53-61(70)67-58(59(69)52-48-44-40-36-12-10-8-6-4-2)57-76-66-65(74)64(73)63(72)60(56-68)77-66/h9,11,14-16,18,48,52,58-60,63-66,68-69,72-74H,3-8,10,12-13,17,19-47,49-51,53-57H2,1-2H3,(H,67,70)/b11-9-,15-14-,18-16-,52-48+. The lowest BCUT2D eigenvalue weighted by molar-refractivity contribution is -0.302. The third-order valence-corrected chi connectivity index (χ3v) is 15.2. The molecular formula is C66H121NO10. The summed E-state index contributed by atoms with van der Waals surface area (Å²) in [5, 5.41) is 54.2. The molecule has 0 radical (unpaired) electrons. The summed E-state index contributed by atoms with van der Waals surface area (Å²) in [4.78, 5) is 25.1. The maximum Gasteiger partial charge on any atom is 0.305 e. The zero-order chi connectivity index (χ0) is 55.9. The number of carbonyl (C=O) groups is 2. The predicted octanol–water partition coefficient (Wildman–Crippen LogP) is 15.6. The molecule has 1 fully saturated rings. The Kier molecular flexibility index (Phi) is 52.4. The molecule has 0 aromatic rings. The molecule has 1 aliphatic heterocycles. The first kappa shape index (κ1) is 72.6. The van der Waals surface area contributed by atoms with Crippen LogP contribution in [0.1, 0.15) is 296 Å². The van der Waals surface area contributed by atoms with Gasteiger partial charge in [-0.3, -0.25) is 9.59 Å². The van der Waals surface area contributed by atoms with Crippen molar-refractivity contribution in [2.45, 2.75) is 339 Å². The number of unbranched alkanes of at least 4 members (excludes halogenated alkanes) is 36. The van der Waals surface area contributed by atoms with E-state index in [4.69, 9.17) is 14.2 Å². The summed E-state index contributed by atoms with van der Waals surface area (Å²) in [5.74, 6) is -0.197. The summed E-state index contributed by atoms with van der Waals surface area (Å²) in [6.07, 6.45) is 60.9. The quantitative estimate of drug-likeness (QED) is 0.0195. The van der Waals surface area contributed by atoms with Gasteiger partial charge in [-0.25, -0.2) is 0 Å². The topological polar surface area (TPSA) is 175 Å². The van der Waals surface area contributed by atoms with Gasteiger partial charge in [0, 0.05) is 12.8 Å². The SMILES string of the molecule is CCCC/C=C\C/C=C\CCCCCCCC(=O)OCCCCCCCCCCCCCC/C=C\CCCCCCCCCCCCC(=O)NC(COC1OC(CO)C(O)C(O)C1O)C(O)/C=C/CCCCCCCCC. The zero-order valence-electron chi connectivity index (χ0n) is 49.7. The van der Waals surface area contributed by atoms with E-state index in [9.17, 15) is 35.1 Å². The third kappa shape index (κ3) is 45.0. The van der Waals surface area contributed by atoms with Crippen molar-refractivity contribution in [3.05, 3.63) is 48.6 Å². The third-order valence-electron chi connectivity index (χ3n) is 15.2. The zero-order valence-corrected chi connectivity index (χ0v) is 49.7. The van der Waals surface area contributed by atoms with Gasteiger partial charge in [-0.2, -0.15) is 0 Å². The Morgan fingerprint density at radius 1 is 0.481 bits per heavy atom. The molecule has 0 spiro atoms. The number of amides is 1. The normalized spacial score (nSPS) is 18.9. The summed E-state index contributed by atoms with van der Waals surface area (Å²) in [5.41, 5.74) is 0. The minimum absolute atomic E-state index is 0.0108. The highest BCUT2D eigenvalue weighted by Crippen LogP contribution is 2.23. The van der Waals surface area contributed by atoms with Crippen LogP contribution in [0, 0.1) is 0 Å². The Labute approximate surface area is 472 Å². The molecule has 450 valence electrons. The van der Waals surface area contributed by atoms with Crippen molar-refractivity contribution in [3.63, 3.8) is 0 Å². The molecule has 0 aromatic heterocycles. The number of nitrogens with one attached hydrogen (secondary N) is 1. The van der Waals surface area contributed by atoms with Crippen LogP contribution in [0.25, 0.3) is 0 Å². The van der Waals surface area contributed by atoms with Gasteiger partial charge in [-0.05, 0) is 83.5 Å². The van der Waals surface area contributed by atoms with Crippen LogP contribution in [-0.4, -0.2) is 100 Å². The highest BCUT2D eigenvalue weighted by molar-refractivity contribution is 5.76. The lowest BCUT2D eigenvalue weighted by Gasteiger charge is -2.40. The van der Waals surface area contributed by atoms with Gasteiger partial charge in [0.1, 0.15) is 24.4 Å². The predicted molar refractivity (Wildman–Crippen MR) is 320 cm³/mol. The maximum absolute atomic E-state index is 13.0. The highest BCUT2D eigenvalue weighted by Gasteiger charge is 2.44. The number of aliphatic hydroxyl groups is 5.